The molecular formula is C32H30F3N3O7. The maximum absolute atomic E-state index is 15.0. The number of nitro groups is 1. The molecule has 45 heavy (non-hydrogen) atoms. The molecule has 236 valence electrons. The Bertz CT molecular complexity index is 1790. The number of halogens is 3. The molecule has 0 bridgehead atoms. The number of carboxylic acids is 1. The lowest BCUT2D eigenvalue weighted by Gasteiger charge is -2.38. The smallest absolute Gasteiger partial charge is 0.422 e. The molecular weight excluding hydrogens is 595 g/mol. The topological polar surface area (TPSA) is 127 Å². The third-order valence-corrected chi connectivity index (χ3v) is 8.01. The summed E-state index contributed by atoms with van der Waals surface area (Å²) in [6, 6.07) is 14.1. The minimum atomic E-state index is -5.11. The molecule has 4 aromatic rings. The van der Waals surface area contributed by atoms with Gasteiger partial charge in [-0.3, -0.25) is 15.0 Å². The van der Waals surface area contributed by atoms with Crippen molar-refractivity contribution in [1.29, 1.82) is 0 Å². The first-order valence-electron chi connectivity index (χ1n) is 13.9. The van der Waals surface area contributed by atoms with Crippen LogP contribution in [0.15, 0.2) is 66.9 Å². The normalized spacial score (nSPS) is 15.2. The number of alkyl halides is 3. The van der Waals surface area contributed by atoms with Crippen LogP contribution in [0.25, 0.3) is 17.0 Å². The standard InChI is InChI=1S/C32H30F3N3O7/c1-44-28-14-21-17-36(13-12-23(21)30(45-2)25(28)10-11-29(39)40)19-31(41,32(33,34)35)26-18-37(16-20-6-4-3-5-7-20)27-15-22(38(42)43)8-9-24(26)27/h3-11,14-15,18,41H,12-13,16-17,19H2,1-2H3,(H,39,40). The summed E-state index contributed by atoms with van der Waals surface area (Å²) in [6.45, 7) is -0.549. The van der Waals surface area contributed by atoms with E-state index in [-0.39, 0.29) is 48.4 Å². The number of nitro benzene ring substituents is 1. The van der Waals surface area contributed by atoms with Crippen LogP contribution in [-0.2, 0) is 29.9 Å². The molecule has 10 nitrogen and oxygen atoms in total. The van der Waals surface area contributed by atoms with Gasteiger partial charge in [-0.05, 0) is 35.8 Å². The second-order valence-corrected chi connectivity index (χ2v) is 10.8. The molecule has 1 aliphatic rings. The van der Waals surface area contributed by atoms with Crippen LogP contribution in [0, 0.1) is 10.1 Å². The molecule has 0 radical (unpaired) electrons. The molecule has 0 saturated heterocycles. The van der Waals surface area contributed by atoms with Crippen molar-refractivity contribution in [3.05, 3.63) is 105 Å². The number of aromatic nitrogens is 1. The van der Waals surface area contributed by atoms with Crippen molar-refractivity contribution in [3.63, 3.8) is 0 Å². The zero-order valence-electron chi connectivity index (χ0n) is 24.4. The van der Waals surface area contributed by atoms with E-state index in [1.807, 2.05) is 0 Å². The number of benzene rings is 3. The van der Waals surface area contributed by atoms with Crippen molar-refractivity contribution in [2.45, 2.75) is 31.3 Å². The molecule has 2 N–H and O–H groups in total. The number of non-ortho nitro benzene ring substituents is 1. The zero-order valence-corrected chi connectivity index (χ0v) is 24.4. The van der Waals surface area contributed by atoms with Crippen LogP contribution in [0.5, 0.6) is 11.5 Å². The van der Waals surface area contributed by atoms with Gasteiger partial charge >= 0.3 is 12.1 Å². The lowest BCUT2D eigenvalue weighted by molar-refractivity contribution is -0.384. The fraction of sp³-hybridized carbons (Fsp3) is 0.281. The van der Waals surface area contributed by atoms with Gasteiger partial charge in [0.15, 0.2) is 0 Å². The zero-order chi connectivity index (χ0) is 32.5. The van der Waals surface area contributed by atoms with E-state index < -0.39 is 34.8 Å². The second-order valence-electron chi connectivity index (χ2n) is 10.8. The molecule has 0 aliphatic carbocycles. The number of ether oxygens (including phenoxy) is 2. The fourth-order valence-electron chi connectivity index (χ4n) is 5.88. The van der Waals surface area contributed by atoms with Crippen LogP contribution in [0.2, 0.25) is 0 Å². The van der Waals surface area contributed by atoms with Crippen LogP contribution in [0.4, 0.5) is 18.9 Å². The highest BCUT2D eigenvalue weighted by Gasteiger charge is 2.57. The Kier molecular flexibility index (Phi) is 8.59. The number of hydrogen-bond acceptors (Lipinski definition) is 7. The first-order valence-corrected chi connectivity index (χ1v) is 13.9. The molecule has 1 atom stereocenters. The Labute approximate surface area is 255 Å². The Morgan fingerprint density at radius 2 is 1.84 bits per heavy atom. The van der Waals surface area contributed by atoms with Gasteiger partial charge in [-0.2, -0.15) is 13.2 Å². The third-order valence-electron chi connectivity index (χ3n) is 8.01. The maximum atomic E-state index is 15.0. The van der Waals surface area contributed by atoms with Crippen molar-refractivity contribution >= 4 is 28.6 Å². The first-order chi connectivity index (χ1) is 21.4. The van der Waals surface area contributed by atoms with Gasteiger partial charge < -0.3 is 24.3 Å². The predicted octanol–water partition coefficient (Wildman–Crippen LogP) is 5.52. The van der Waals surface area contributed by atoms with E-state index in [1.54, 1.807) is 36.4 Å². The summed E-state index contributed by atoms with van der Waals surface area (Å²) in [5, 5.41) is 32.3. The van der Waals surface area contributed by atoms with Gasteiger partial charge in [0.25, 0.3) is 5.69 Å². The van der Waals surface area contributed by atoms with Gasteiger partial charge in [-0.25, -0.2) is 4.79 Å². The first kappa shape index (κ1) is 31.5. The average molecular weight is 626 g/mol. The van der Waals surface area contributed by atoms with E-state index >= 15 is 0 Å². The van der Waals surface area contributed by atoms with Gasteiger partial charge in [0.05, 0.1) is 30.2 Å². The number of methoxy groups -OCH3 is 2. The van der Waals surface area contributed by atoms with E-state index in [1.165, 1.54) is 48.1 Å². The monoisotopic (exact) mass is 625 g/mol. The van der Waals surface area contributed by atoms with Crippen LogP contribution >= 0.6 is 0 Å². The minimum absolute atomic E-state index is 0.0114. The van der Waals surface area contributed by atoms with Crippen molar-refractivity contribution in [2.24, 2.45) is 0 Å². The largest absolute Gasteiger partial charge is 0.496 e. The SMILES string of the molecule is COc1cc2c(c(OC)c1C=CC(=O)O)CCN(CC(O)(c1cn(Cc3ccccc3)c3cc([N+](=O)[O-])ccc13)C(F)(F)F)C2. The highest BCUT2D eigenvalue weighted by Crippen LogP contribution is 2.45. The summed E-state index contributed by atoms with van der Waals surface area (Å²) in [4.78, 5) is 23.5. The molecule has 0 spiro atoms. The lowest BCUT2D eigenvalue weighted by Crippen LogP contribution is -2.52. The Balaban J connectivity index is 1.56. The number of fused-ring (bicyclic) bond motifs is 2. The molecule has 5 rings (SSSR count). The fourth-order valence-corrected chi connectivity index (χ4v) is 5.88. The summed E-state index contributed by atoms with van der Waals surface area (Å²) < 4.78 is 57.4. The molecule has 0 fully saturated rings. The summed E-state index contributed by atoms with van der Waals surface area (Å²) in [7, 11) is 2.80. The lowest BCUT2D eigenvalue weighted by atomic mass is 9.89. The van der Waals surface area contributed by atoms with Crippen molar-refractivity contribution in [2.75, 3.05) is 27.3 Å². The Morgan fingerprint density at radius 3 is 2.47 bits per heavy atom. The van der Waals surface area contributed by atoms with Gasteiger partial charge in [0.2, 0.25) is 5.60 Å². The van der Waals surface area contributed by atoms with Gasteiger partial charge in [0, 0.05) is 67.1 Å². The summed E-state index contributed by atoms with van der Waals surface area (Å²) in [6.07, 6.45) is -1.35. The number of rotatable bonds is 10. The highest BCUT2D eigenvalue weighted by atomic mass is 19.4. The number of carbonyl (C=O) groups is 1. The number of nitrogens with zero attached hydrogens (tertiary/aromatic N) is 3. The van der Waals surface area contributed by atoms with Crippen molar-refractivity contribution in [3.8, 4) is 11.5 Å². The van der Waals surface area contributed by atoms with Crippen LogP contribution in [0.1, 0.15) is 27.8 Å². The van der Waals surface area contributed by atoms with E-state index in [2.05, 4.69) is 0 Å². The molecule has 3 aromatic carbocycles. The van der Waals surface area contributed by atoms with Crippen LogP contribution < -0.4 is 9.47 Å². The number of carboxylic acid groups (broad SMARTS) is 1. The average Bonchev–Trinajstić information content (AvgIpc) is 3.36. The van der Waals surface area contributed by atoms with E-state index in [0.717, 1.165) is 17.7 Å². The van der Waals surface area contributed by atoms with Crippen molar-refractivity contribution < 1.29 is 42.6 Å². The van der Waals surface area contributed by atoms with Crippen molar-refractivity contribution in [1.82, 2.24) is 9.47 Å². The number of hydrogen-bond donors (Lipinski definition) is 2. The predicted molar refractivity (Wildman–Crippen MR) is 159 cm³/mol. The van der Waals surface area contributed by atoms with E-state index in [0.29, 0.717) is 22.4 Å². The third kappa shape index (κ3) is 6.08. The summed E-state index contributed by atoms with van der Waals surface area (Å²) in [5.74, 6) is -0.533. The Hall–Kier alpha value is -4.88. The molecule has 1 aromatic heterocycles. The molecule has 2 heterocycles. The maximum Gasteiger partial charge on any atom is 0.422 e. The van der Waals surface area contributed by atoms with Gasteiger partial charge in [-0.15, -0.1) is 0 Å². The molecule has 0 amide bonds. The second kappa shape index (κ2) is 12.3. The number of aliphatic hydroxyl groups is 1. The van der Waals surface area contributed by atoms with Gasteiger partial charge in [-0.1, -0.05) is 30.3 Å². The number of aliphatic carboxylic acids is 1. The quantitative estimate of drug-likeness (QED) is 0.134. The summed E-state index contributed by atoms with van der Waals surface area (Å²) in [5.41, 5.74) is -1.39. The molecule has 1 unspecified atom stereocenters. The van der Waals surface area contributed by atoms with Gasteiger partial charge in [0.1, 0.15) is 11.5 Å². The van der Waals surface area contributed by atoms with Crippen LogP contribution in [0.3, 0.4) is 0 Å². The van der Waals surface area contributed by atoms with Crippen LogP contribution in [-0.4, -0.2) is 64.1 Å². The van der Waals surface area contributed by atoms with E-state index in [9.17, 15) is 33.2 Å². The highest BCUT2D eigenvalue weighted by molar-refractivity contribution is 5.88. The van der Waals surface area contributed by atoms with E-state index in [4.69, 9.17) is 14.6 Å². The Morgan fingerprint density at radius 1 is 1.11 bits per heavy atom. The molecule has 13 heteroatoms. The molecule has 1 aliphatic heterocycles. The minimum Gasteiger partial charge on any atom is -0.496 e. The number of β-amino-alcohol motifs (C(OH)–C–C–N with tert-alkyl or cyclic N) is 1. The summed E-state index contributed by atoms with van der Waals surface area (Å²) >= 11 is 0. The molecule has 0 saturated carbocycles.